The third kappa shape index (κ3) is 3.88. The number of methoxy groups -OCH3 is 1. The Morgan fingerprint density at radius 1 is 1.13 bits per heavy atom. The van der Waals surface area contributed by atoms with Crippen molar-refractivity contribution in [3.8, 4) is 5.75 Å². The summed E-state index contributed by atoms with van der Waals surface area (Å²) in [7, 11) is 1.19. The molecule has 0 amide bonds. The molecule has 0 radical (unpaired) electrons. The number of alkyl halides is 7. The van der Waals surface area contributed by atoms with E-state index in [1.165, 1.54) is 25.3 Å². The predicted octanol–water partition coefficient (Wildman–Crippen LogP) is 4.33. The van der Waals surface area contributed by atoms with E-state index < -0.39 is 30.6 Å². The third-order valence-corrected chi connectivity index (χ3v) is 3.11. The Morgan fingerprint density at radius 2 is 1.70 bits per heavy atom. The lowest BCUT2D eigenvalue weighted by atomic mass is 10.1. The predicted molar refractivity (Wildman–Crippen MR) is 66.4 cm³/mol. The van der Waals surface area contributed by atoms with E-state index in [9.17, 15) is 35.5 Å². The summed E-state index contributed by atoms with van der Waals surface area (Å²) >= 11 is 3.06. The molecule has 1 aromatic rings. The maximum absolute atomic E-state index is 13.1. The van der Waals surface area contributed by atoms with E-state index >= 15 is 0 Å². The van der Waals surface area contributed by atoms with Crippen LogP contribution < -0.4 is 4.74 Å². The summed E-state index contributed by atoms with van der Waals surface area (Å²) in [6, 6.07) is 4.00. The Hall–Kier alpha value is -1.52. The summed E-state index contributed by atoms with van der Waals surface area (Å²) in [6.07, 6.45) is -6.61. The zero-order valence-electron chi connectivity index (χ0n) is 11.2. The molecule has 0 atom stereocenters. The zero-order chi connectivity index (χ0) is 18.1. The van der Waals surface area contributed by atoms with Crippen molar-refractivity contribution in [3.05, 3.63) is 28.2 Å². The van der Waals surface area contributed by atoms with Crippen molar-refractivity contribution in [3.63, 3.8) is 0 Å². The van der Waals surface area contributed by atoms with Gasteiger partial charge in [0, 0.05) is 10.0 Å². The van der Waals surface area contributed by atoms with Gasteiger partial charge >= 0.3 is 24.0 Å². The van der Waals surface area contributed by atoms with E-state index in [1.54, 1.807) is 0 Å². The molecule has 0 N–H and O–H groups in total. The quantitative estimate of drug-likeness (QED) is 0.533. The van der Waals surface area contributed by atoms with Crippen LogP contribution in [0.4, 0.5) is 30.7 Å². The second kappa shape index (κ2) is 6.54. The lowest BCUT2D eigenvalue weighted by Gasteiger charge is -2.26. The molecule has 3 nitrogen and oxygen atoms in total. The van der Waals surface area contributed by atoms with E-state index in [1.807, 2.05) is 0 Å². The molecule has 130 valence electrons. The van der Waals surface area contributed by atoms with Gasteiger partial charge < -0.3 is 9.47 Å². The fourth-order valence-corrected chi connectivity index (χ4v) is 1.72. The van der Waals surface area contributed by atoms with Crippen LogP contribution in [-0.4, -0.2) is 31.1 Å². The first kappa shape index (κ1) is 19.5. The Kier molecular flexibility index (Phi) is 5.55. The topological polar surface area (TPSA) is 35.5 Å². The molecular weight excluding hydrogens is 405 g/mol. The van der Waals surface area contributed by atoms with Crippen molar-refractivity contribution >= 4 is 21.9 Å². The molecule has 0 aliphatic heterocycles. The normalized spacial score (nSPS) is 12.9. The molecule has 0 aromatic heterocycles. The summed E-state index contributed by atoms with van der Waals surface area (Å²) in [5.41, 5.74) is -0.00447. The summed E-state index contributed by atoms with van der Waals surface area (Å²) < 4.78 is 96.6. The maximum Gasteiger partial charge on any atom is 0.460 e. The number of ether oxygens (including phenoxy) is 2. The molecule has 1 rings (SSSR count). The summed E-state index contributed by atoms with van der Waals surface area (Å²) in [5.74, 6) is -15.6. The number of benzene rings is 1. The molecule has 0 aliphatic carbocycles. The van der Waals surface area contributed by atoms with Crippen LogP contribution in [0.15, 0.2) is 22.7 Å². The number of carbonyl (C=O) groups is 1. The van der Waals surface area contributed by atoms with Crippen molar-refractivity contribution in [2.75, 3.05) is 7.11 Å². The van der Waals surface area contributed by atoms with Crippen LogP contribution in [0.5, 0.6) is 5.75 Å². The van der Waals surface area contributed by atoms with Gasteiger partial charge in [-0.2, -0.15) is 30.7 Å². The monoisotopic (exact) mass is 412 g/mol. The van der Waals surface area contributed by atoms with Gasteiger partial charge in [0.25, 0.3) is 0 Å². The van der Waals surface area contributed by atoms with Gasteiger partial charge in [0.1, 0.15) is 12.4 Å². The van der Waals surface area contributed by atoms with Crippen molar-refractivity contribution in [1.29, 1.82) is 0 Å². The van der Waals surface area contributed by atoms with Crippen LogP contribution in [0.2, 0.25) is 0 Å². The molecule has 0 fully saturated rings. The highest BCUT2D eigenvalue weighted by atomic mass is 79.9. The molecule has 0 unspecified atom stereocenters. The van der Waals surface area contributed by atoms with Gasteiger partial charge in [0.05, 0.1) is 7.11 Å². The Morgan fingerprint density at radius 3 is 2.17 bits per heavy atom. The van der Waals surface area contributed by atoms with Crippen LogP contribution in [0.1, 0.15) is 5.56 Å². The Balaban J connectivity index is 2.92. The molecule has 1 aromatic carbocycles. The molecule has 0 heterocycles. The molecule has 11 heteroatoms. The van der Waals surface area contributed by atoms with E-state index in [-0.39, 0.29) is 11.3 Å². The minimum Gasteiger partial charge on any atom is -0.496 e. The molecule has 23 heavy (non-hydrogen) atoms. The molecular formula is C12H8BrF7O3. The number of rotatable bonds is 5. The van der Waals surface area contributed by atoms with Gasteiger partial charge in [-0.1, -0.05) is 22.0 Å². The molecule has 0 aliphatic rings. The zero-order valence-corrected chi connectivity index (χ0v) is 12.8. The summed E-state index contributed by atoms with van der Waals surface area (Å²) in [4.78, 5) is 11.0. The number of hydrogen-bond donors (Lipinski definition) is 0. The van der Waals surface area contributed by atoms with Crippen molar-refractivity contribution < 1.29 is 45.0 Å². The van der Waals surface area contributed by atoms with E-state index in [2.05, 4.69) is 20.7 Å². The molecule has 0 bridgehead atoms. The molecule has 0 spiro atoms. The Labute approximate surface area is 133 Å². The van der Waals surface area contributed by atoms with Crippen LogP contribution in [0.3, 0.4) is 0 Å². The number of hydrogen-bond acceptors (Lipinski definition) is 3. The first-order chi connectivity index (χ1) is 10.3. The molecule has 0 saturated carbocycles. The van der Waals surface area contributed by atoms with E-state index in [0.717, 1.165) is 0 Å². The summed E-state index contributed by atoms with van der Waals surface area (Å²) in [6.45, 7) is -0.973. The average molecular weight is 413 g/mol. The first-order valence-corrected chi connectivity index (χ1v) is 6.46. The minimum absolute atomic E-state index is 0.00447. The van der Waals surface area contributed by atoms with Crippen LogP contribution >= 0.6 is 15.9 Å². The van der Waals surface area contributed by atoms with Gasteiger partial charge in [0.15, 0.2) is 0 Å². The summed E-state index contributed by atoms with van der Waals surface area (Å²) in [5, 5.41) is 0. The van der Waals surface area contributed by atoms with Crippen molar-refractivity contribution in [1.82, 2.24) is 0 Å². The highest BCUT2D eigenvalue weighted by Crippen LogP contribution is 2.47. The fourth-order valence-electron chi connectivity index (χ4n) is 1.38. The average Bonchev–Trinajstić information content (AvgIpc) is 2.43. The van der Waals surface area contributed by atoms with Gasteiger partial charge in [-0.3, -0.25) is 0 Å². The molecule has 0 saturated heterocycles. The number of halogens is 8. The highest BCUT2D eigenvalue weighted by Gasteiger charge is 2.77. The number of esters is 1. The number of carbonyl (C=O) groups excluding carboxylic acids is 1. The lowest BCUT2D eigenvalue weighted by molar-refractivity contribution is -0.348. The standard InChI is InChI=1S/C12H8BrF7O3/c1-22-8-4-7(13)3-2-6(8)5-23-9(21)10(14,15)11(16,17)12(18,19)20/h2-4H,5H2,1H3. The van der Waals surface area contributed by atoms with Crippen LogP contribution in [0.25, 0.3) is 0 Å². The minimum atomic E-state index is -6.61. The van der Waals surface area contributed by atoms with E-state index in [0.29, 0.717) is 4.47 Å². The fraction of sp³-hybridized carbons (Fsp3) is 0.417. The van der Waals surface area contributed by atoms with E-state index in [4.69, 9.17) is 4.74 Å². The van der Waals surface area contributed by atoms with Gasteiger partial charge in [0.2, 0.25) is 0 Å². The maximum atomic E-state index is 13.1. The van der Waals surface area contributed by atoms with Crippen molar-refractivity contribution in [2.24, 2.45) is 0 Å². The largest absolute Gasteiger partial charge is 0.496 e. The Bertz CT molecular complexity index is 587. The third-order valence-electron chi connectivity index (χ3n) is 2.61. The SMILES string of the molecule is COc1cc(Br)ccc1COC(=O)C(F)(F)C(F)(F)C(F)(F)F. The second-order valence-corrected chi connectivity index (χ2v) is 5.09. The smallest absolute Gasteiger partial charge is 0.460 e. The van der Waals surface area contributed by atoms with Gasteiger partial charge in [-0.05, 0) is 12.1 Å². The highest BCUT2D eigenvalue weighted by molar-refractivity contribution is 9.10. The van der Waals surface area contributed by atoms with Gasteiger partial charge in [-0.25, -0.2) is 4.79 Å². The first-order valence-electron chi connectivity index (χ1n) is 5.66. The lowest BCUT2D eigenvalue weighted by Crippen LogP contribution is -2.56. The second-order valence-electron chi connectivity index (χ2n) is 4.18. The van der Waals surface area contributed by atoms with Crippen LogP contribution in [0, 0.1) is 0 Å². The van der Waals surface area contributed by atoms with Crippen LogP contribution in [-0.2, 0) is 16.1 Å². The van der Waals surface area contributed by atoms with Gasteiger partial charge in [-0.15, -0.1) is 0 Å². The van der Waals surface area contributed by atoms with Crippen molar-refractivity contribution in [2.45, 2.75) is 24.6 Å².